The fourth-order valence-electron chi connectivity index (χ4n) is 7.84. The number of nitrogen functional groups attached to an aromatic ring is 2. The lowest BCUT2D eigenvalue weighted by atomic mass is 10.1. The summed E-state index contributed by atoms with van der Waals surface area (Å²) in [5.41, 5.74) is 42.9. The highest BCUT2D eigenvalue weighted by atomic mass is 16.9. The molecule has 40 nitrogen and oxygen atoms in total. The molecule has 3 heterocycles. The number of imidazole rings is 3. The smallest absolute Gasteiger partial charge is 0.388 e. The van der Waals surface area contributed by atoms with Crippen molar-refractivity contribution in [2.45, 2.75) is 50.0 Å². The highest BCUT2D eigenvalue weighted by molar-refractivity contribution is 5.99. The van der Waals surface area contributed by atoms with Gasteiger partial charge in [-0.15, -0.1) is 10.1 Å². The number of non-ortho nitro benzene ring substituents is 1. The number of hydrogen-bond donors (Lipinski definition) is 8. The molecule has 3 aromatic heterocycles. The van der Waals surface area contributed by atoms with Crippen LogP contribution in [0.4, 0.5) is 28.8 Å². The van der Waals surface area contributed by atoms with Gasteiger partial charge in [-0.3, -0.25) is 38.7 Å². The van der Waals surface area contributed by atoms with E-state index in [9.17, 15) is 64.4 Å². The number of carbonyl (C=O) groups excluding carboxylic acids is 5. The van der Waals surface area contributed by atoms with Gasteiger partial charge in [0, 0.05) is 32.4 Å². The maximum Gasteiger partial charge on any atom is 0.388 e. The molecule has 40 heteroatoms. The molecular formula is C57H78N18O22. The van der Waals surface area contributed by atoms with Crippen LogP contribution in [0.15, 0.2) is 104 Å². The molecule has 0 saturated carbocycles. The number of rotatable bonds is 17. The molecule has 97 heavy (non-hydrogen) atoms. The minimum absolute atomic E-state index is 0. The molecule has 0 fully saturated rings. The number of carbonyl (C=O) groups is 5. The number of aryl methyl sites for hydroxylation is 4. The molecule has 8 rings (SSSR count). The Morgan fingerprint density at radius 1 is 0.454 bits per heavy atom. The van der Waals surface area contributed by atoms with Crippen LogP contribution in [0.5, 0.6) is 34.5 Å². The van der Waals surface area contributed by atoms with Crippen molar-refractivity contribution >= 4 is 58.4 Å². The summed E-state index contributed by atoms with van der Waals surface area (Å²) in [5.74, 6) is -1.16. The zero-order valence-electron chi connectivity index (χ0n) is 51.3. The summed E-state index contributed by atoms with van der Waals surface area (Å²) in [6.07, 6.45) is 7.18. The summed E-state index contributed by atoms with van der Waals surface area (Å²) >= 11 is 0. The first-order valence-electron chi connectivity index (χ1n) is 25.5. The number of ether oxygens (including phenoxy) is 6. The van der Waals surface area contributed by atoms with Gasteiger partial charge in [0.2, 0.25) is 6.33 Å². The van der Waals surface area contributed by atoms with Crippen molar-refractivity contribution in [2.24, 2.45) is 28.7 Å². The largest absolute Gasteiger partial charge is 0.496 e. The Morgan fingerprint density at radius 2 is 0.835 bits per heavy atom. The number of nitrogens with zero attached hydrogens (tertiary/aromatic N) is 11. The predicted octanol–water partition coefficient (Wildman–Crippen LogP) is 6.45. The van der Waals surface area contributed by atoms with Crippen LogP contribution >= 0.6 is 0 Å². The third kappa shape index (κ3) is 24.4. The van der Waals surface area contributed by atoms with E-state index in [2.05, 4.69) is 15.0 Å². The molecule has 15 N–H and O–H groups in total. The van der Waals surface area contributed by atoms with Crippen LogP contribution in [-0.2, 0) is 0 Å². The van der Waals surface area contributed by atoms with Gasteiger partial charge in [0.25, 0.3) is 46.6 Å². The van der Waals surface area contributed by atoms with Crippen LogP contribution in [0.2, 0.25) is 0 Å². The number of nitro benzene ring substituents is 1. The molecular weight excluding hydrogens is 1290 g/mol. The highest BCUT2D eigenvalue weighted by Gasteiger charge is 2.22. The number of nitrogens with two attached hydrogens (primary N) is 7. The number of methoxy groups -OCH3 is 6. The van der Waals surface area contributed by atoms with Crippen LogP contribution in [0.1, 0.15) is 99.2 Å². The summed E-state index contributed by atoms with van der Waals surface area (Å²) in [6.45, 7) is 7.13. The summed E-state index contributed by atoms with van der Waals surface area (Å²) in [6, 6.07) is 17.5. The summed E-state index contributed by atoms with van der Waals surface area (Å²) in [5, 5.41) is 53.9. The number of primary amides is 5. The first-order chi connectivity index (χ1) is 44.0. The number of amides is 5. The molecule has 5 amide bonds. The standard InChI is InChI=1S/C12H12N4O5.C12H14N4O2.C9H10N2O4.C9H12N2O2.C9H11NO2.C3H2N4O4.3CH4.HNO3.2H2/c1-20-9-4-7(3-8(12(13)17)11(9)21-2)15-5-10(14-6-15)16(18)19;1-7-3-8(16-5-10(13)15-6-16)4-9(12(14)17)11(7)18-2;1-5-3-6(11(13)14)4-7(9(10)12)8(5)15-2;1-5-3-6(10)4-7(9(11)12)8(5)13-2;1-6-4-3-5-7(9(10)11)8(6)12-2;8-6(9)3-1-5(2-4-3)7(10)11;;;;2-1(3)4;;/h3-6H,1-2H3,(H2,13,17);3-6H,13H2,1-2H3,(H2,14,17);3-4H,1-2H3,(H2,10,12);3-4H,10H2,1-2H3,(H2,11,12);3-5H,1-2H3,(H2,10,11);1-2H;3*1H4;(H,2,3,4);2*1H. The monoisotopic (exact) mass is 1370 g/mol. The Hall–Kier alpha value is -13.7. The van der Waals surface area contributed by atoms with Gasteiger partial charge in [-0.1, -0.05) is 34.4 Å². The molecule has 0 aliphatic rings. The van der Waals surface area contributed by atoms with E-state index in [1.54, 1.807) is 54.3 Å². The van der Waals surface area contributed by atoms with E-state index in [1.807, 2.05) is 32.9 Å². The van der Waals surface area contributed by atoms with E-state index in [-0.39, 0.29) is 65.0 Å². The van der Waals surface area contributed by atoms with Gasteiger partial charge in [0.1, 0.15) is 41.3 Å². The molecule has 0 radical (unpaired) electrons. The molecule has 0 bridgehead atoms. The molecule has 0 spiro atoms. The highest BCUT2D eigenvalue weighted by Crippen LogP contribution is 2.35. The molecule has 528 valence electrons. The van der Waals surface area contributed by atoms with E-state index >= 15 is 0 Å². The summed E-state index contributed by atoms with van der Waals surface area (Å²) in [7, 11) is 8.68. The Morgan fingerprint density at radius 3 is 1.21 bits per heavy atom. The van der Waals surface area contributed by atoms with Gasteiger partial charge in [-0.25, -0.2) is 15.1 Å². The Bertz CT molecular complexity index is 4090. The van der Waals surface area contributed by atoms with Crippen LogP contribution in [0.25, 0.3) is 11.4 Å². The molecule has 0 atom stereocenters. The second-order valence-electron chi connectivity index (χ2n) is 18.0. The van der Waals surface area contributed by atoms with Gasteiger partial charge < -0.3 is 98.6 Å². The van der Waals surface area contributed by atoms with Crippen molar-refractivity contribution in [3.63, 3.8) is 0 Å². The SMILES string of the molecule is C.C.C.COc1c(C)cc(-n2cnc(N)c2)cc1C(N)=O.COc1c(C)cc(N)cc1C(N)=O.COc1c(C)cc([N+](=O)[O-])cc1C(N)=O.COc1c(C)cccc1C(N)=O.COc1cc(-n2cnc([N+](=O)[O-])c2)cc(C(N)=O)c1OC.O=[N+]([O-])O.O=[N+]([O-])c1cn([N+](=O)[O-])cn1.[HH].[HH]. The van der Waals surface area contributed by atoms with Gasteiger partial charge in [-0.05, 0) is 111 Å². The number of para-hydroxylation sites is 1. The Kier molecular flexibility index (Phi) is 34.8. The number of nitro groups is 4. The van der Waals surface area contributed by atoms with Crippen molar-refractivity contribution in [3.8, 4) is 45.9 Å². The fourth-order valence-corrected chi connectivity index (χ4v) is 7.84. The lowest BCUT2D eigenvalue weighted by Crippen LogP contribution is -2.14. The molecule has 5 aromatic carbocycles. The van der Waals surface area contributed by atoms with E-state index in [4.69, 9.17) is 83.9 Å². The van der Waals surface area contributed by atoms with Crippen molar-refractivity contribution in [2.75, 3.05) is 54.1 Å². The number of aromatic nitrogens is 6. The van der Waals surface area contributed by atoms with E-state index in [0.29, 0.717) is 61.4 Å². The minimum atomic E-state index is -1.50. The Balaban J connectivity index is -0.000000542. The van der Waals surface area contributed by atoms with Crippen LogP contribution in [0.3, 0.4) is 0 Å². The third-order valence-corrected chi connectivity index (χ3v) is 11.7. The summed E-state index contributed by atoms with van der Waals surface area (Å²) in [4.78, 5) is 114. The zero-order valence-corrected chi connectivity index (χ0v) is 51.3. The Labute approximate surface area is 554 Å². The lowest BCUT2D eigenvalue weighted by molar-refractivity contribution is -0.742. The first kappa shape index (κ1) is 85.3. The fraction of sp³-hybridized carbons (Fsp3) is 0.228. The zero-order chi connectivity index (χ0) is 71.6. The number of benzene rings is 5. The summed E-state index contributed by atoms with van der Waals surface area (Å²) < 4.78 is 34.0. The third-order valence-electron chi connectivity index (χ3n) is 11.7. The van der Waals surface area contributed by atoms with Crippen LogP contribution < -0.4 is 68.6 Å². The lowest BCUT2D eigenvalue weighted by Gasteiger charge is -2.13. The first-order valence-corrected chi connectivity index (χ1v) is 25.5. The maximum atomic E-state index is 11.5. The van der Waals surface area contributed by atoms with Crippen molar-refractivity contribution in [1.82, 2.24) is 28.8 Å². The topological polar surface area (TPSA) is 612 Å². The van der Waals surface area contributed by atoms with E-state index < -0.39 is 60.2 Å². The average molecular weight is 1370 g/mol. The number of anilines is 2. The average Bonchev–Trinajstić information content (AvgIpc) is 1.80. The van der Waals surface area contributed by atoms with Crippen LogP contribution in [-0.4, -0.2) is 131 Å². The van der Waals surface area contributed by atoms with Crippen molar-refractivity contribution in [3.05, 3.63) is 205 Å². The second kappa shape index (κ2) is 39.5. The molecule has 0 saturated heterocycles. The van der Waals surface area contributed by atoms with Crippen molar-refractivity contribution < 1.29 is 85.3 Å². The molecule has 0 aliphatic carbocycles. The minimum Gasteiger partial charge on any atom is -0.496 e. The normalized spacial score (nSPS) is 9.42. The quantitative estimate of drug-likeness (QED) is 0.0276. The van der Waals surface area contributed by atoms with Gasteiger partial charge in [-0.2, -0.15) is 0 Å². The van der Waals surface area contributed by atoms with Gasteiger partial charge >= 0.3 is 11.6 Å². The maximum absolute atomic E-state index is 11.5. The molecule has 0 unspecified atom stereocenters. The second-order valence-corrected chi connectivity index (χ2v) is 18.0. The van der Waals surface area contributed by atoms with Crippen molar-refractivity contribution in [1.29, 1.82) is 0 Å². The van der Waals surface area contributed by atoms with Crippen LogP contribution in [0, 0.1) is 78.3 Å². The number of hydrogen-bond acceptors (Lipinski definition) is 26. The van der Waals surface area contributed by atoms with E-state index in [0.717, 1.165) is 41.0 Å². The van der Waals surface area contributed by atoms with E-state index in [1.165, 1.54) is 77.9 Å². The van der Waals surface area contributed by atoms with Gasteiger partial charge in [0.05, 0.1) is 87.3 Å². The van der Waals surface area contributed by atoms with Gasteiger partial charge in [0.15, 0.2) is 22.7 Å². The molecule has 0 aliphatic heterocycles. The molecule has 8 aromatic rings. The predicted molar refractivity (Wildman–Crippen MR) is 354 cm³/mol.